The molecule has 1 amide bonds. The molecule has 0 aliphatic heterocycles. The van der Waals surface area contributed by atoms with E-state index in [0.29, 0.717) is 11.3 Å². The average molecular weight is 331 g/mol. The zero-order valence-electron chi connectivity index (χ0n) is 12.6. The van der Waals surface area contributed by atoms with Gasteiger partial charge in [-0.2, -0.15) is 0 Å². The summed E-state index contributed by atoms with van der Waals surface area (Å²) in [5.41, 5.74) is 0.535. The quantitative estimate of drug-likeness (QED) is 0.800. The van der Waals surface area contributed by atoms with Crippen molar-refractivity contribution in [3.63, 3.8) is 0 Å². The van der Waals surface area contributed by atoms with Crippen LogP contribution in [0, 0.1) is 24.0 Å². The summed E-state index contributed by atoms with van der Waals surface area (Å²) in [6.45, 7) is -0.00871. The summed E-state index contributed by atoms with van der Waals surface area (Å²) in [4.78, 5) is 12.0. The molecule has 0 spiro atoms. The maximum Gasteiger partial charge on any atom is 0.251 e. The molecule has 0 saturated heterocycles. The van der Waals surface area contributed by atoms with Gasteiger partial charge in [0.05, 0.1) is 6.10 Å². The maximum absolute atomic E-state index is 13.1. The van der Waals surface area contributed by atoms with E-state index in [2.05, 4.69) is 11.2 Å². The number of hydrogen-bond donors (Lipinski definition) is 2. The van der Waals surface area contributed by atoms with Crippen LogP contribution in [0.2, 0.25) is 0 Å². The molecule has 0 aromatic heterocycles. The van der Waals surface area contributed by atoms with Crippen LogP contribution in [-0.2, 0) is 0 Å². The molecular formula is C18H15F2NO3. The van der Waals surface area contributed by atoms with Gasteiger partial charge >= 0.3 is 0 Å². The highest BCUT2D eigenvalue weighted by Gasteiger charge is 2.13. The van der Waals surface area contributed by atoms with Crippen molar-refractivity contribution in [3.05, 3.63) is 65.2 Å². The number of rotatable bonds is 6. The van der Waals surface area contributed by atoms with Crippen LogP contribution >= 0.6 is 0 Å². The van der Waals surface area contributed by atoms with Gasteiger partial charge in [0.25, 0.3) is 5.91 Å². The van der Waals surface area contributed by atoms with Crippen molar-refractivity contribution in [3.8, 4) is 18.1 Å². The molecule has 0 bridgehead atoms. The molecule has 0 radical (unpaired) electrons. The first-order chi connectivity index (χ1) is 11.5. The SMILES string of the molecule is C#CCOc1ccc(C(=O)NC[C@@H](O)c2ccc(F)c(F)c2)cc1. The molecule has 0 heterocycles. The van der Waals surface area contributed by atoms with Gasteiger partial charge in [0.2, 0.25) is 0 Å². The Hall–Kier alpha value is -2.91. The van der Waals surface area contributed by atoms with Crippen LogP contribution in [0.15, 0.2) is 42.5 Å². The van der Waals surface area contributed by atoms with E-state index in [-0.39, 0.29) is 18.7 Å². The minimum absolute atomic E-state index is 0.131. The molecule has 0 unspecified atom stereocenters. The Morgan fingerprint density at radius 2 is 1.92 bits per heavy atom. The van der Waals surface area contributed by atoms with Crippen LogP contribution in [0.3, 0.4) is 0 Å². The maximum atomic E-state index is 13.1. The fraction of sp³-hybridized carbons (Fsp3) is 0.167. The van der Waals surface area contributed by atoms with E-state index in [1.54, 1.807) is 24.3 Å². The smallest absolute Gasteiger partial charge is 0.251 e. The molecule has 1 atom stereocenters. The number of ether oxygens (including phenoxy) is 1. The van der Waals surface area contributed by atoms with Crippen LogP contribution in [-0.4, -0.2) is 24.2 Å². The average Bonchev–Trinajstić information content (AvgIpc) is 2.60. The van der Waals surface area contributed by atoms with Gasteiger partial charge in [-0.3, -0.25) is 4.79 Å². The number of aliphatic hydroxyl groups excluding tert-OH is 1. The molecule has 2 aromatic carbocycles. The number of nitrogens with one attached hydrogen (secondary N) is 1. The first-order valence-corrected chi connectivity index (χ1v) is 7.09. The van der Waals surface area contributed by atoms with Crippen molar-refractivity contribution in [1.82, 2.24) is 5.32 Å². The Labute approximate surface area is 138 Å². The van der Waals surface area contributed by atoms with E-state index in [1.165, 1.54) is 6.07 Å². The summed E-state index contributed by atoms with van der Waals surface area (Å²) in [7, 11) is 0. The third-order valence-corrected chi connectivity index (χ3v) is 3.22. The third-order valence-electron chi connectivity index (χ3n) is 3.22. The van der Waals surface area contributed by atoms with Gasteiger partial charge in [0.1, 0.15) is 12.4 Å². The second-order valence-electron chi connectivity index (χ2n) is 4.92. The van der Waals surface area contributed by atoms with Crippen LogP contribution in [0.25, 0.3) is 0 Å². The highest BCUT2D eigenvalue weighted by Crippen LogP contribution is 2.16. The number of carbonyl (C=O) groups excluding carboxylic acids is 1. The second-order valence-corrected chi connectivity index (χ2v) is 4.92. The zero-order valence-corrected chi connectivity index (χ0v) is 12.6. The monoisotopic (exact) mass is 331 g/mol. The molecule has 4 nitrogen and oxygen atoms in total. The first kappa shape index (κ1) is 17.4. The minimum Gasteiger partial charge on any atom is -0.481 e. The fourth-order valence-corrected chi connectivity index (χ4v) is 1.96. The number of hydrogen-bond acceptors (Lipinski definition) is 3. The fourth-order valence-electron chi connectivity index (χ4n) is 1.96. The summed E-state index contributed by atoms with van der Waals surface area (Å²) in [6.07, 6.45) is 3.93. The summed E-state index contributed by atoms with van der Waals surface area (Å²) < 4.78 is 31.2. The largest absolute Gasteiger partial charge is 0.481 e. The lowest BCUT2D eigenvalue weighted by Crippen LogP contribution is -2.28. The molecule has 6 heteroatoms. The van der Waals surface area contributed by atoms with E-state index in [9.17, 15) is 18.7 Å². The molecule has 24 heavy (non-hydrogen) atoms. The first-order valence-electron chi connectivity index (χ1n) is 7.09. The molecule has 0 aliphatic carbocycles. The van der Waals surface area contributed by atoms with Crippen LogP contribution in [0.1, 0.15) is 22.0 Å². The Morgan fingerprint density at radius 1 is 1.21 bits per heavy atom. The summed E-state index contributed by atoms with van der Waals surface area (Å²) in [6, 6.07) is 9.35. The highest BCUT2D eigenvalue weighted by atomic mass is 19.2. The lowest BCUT2D eigenvalue weighted by atomic mass is 10.1. The van der Waals surface area contributed by atoms with Crippen molar-refractivity contribution < 1.29 is 23.4 Å². The zero-order chi connectivity index (χ0) is 17.5. The van der Waals surface area contributed by atoms with E-state index in [1.807, 2.05) is 0 Å². The van der Waals surface area contributed by atoms with Gasteiger partial charge in [-0.1, -0.05) is 12.0 Å². The van der Waals surface area contributed by atoms with Gasteiger partial charge in [-0.15, -0.1) is 6.42 Å². The molecule has 0 fully saturated rings. The second kappa shape index (κ2) is 8.09. The molecule has 0 saturated carbocycles. The standard InChI is InChI=1S/C18H15F2NO3/c1-2-9-24-14-6-3-12(4-7-14)18(23)21-11-17(22)13-5-8-15(19)16(20)10-13/h1,3-8,10,17,22H,9,11H2,(H,21,23)/t17-/m1/s1. The molecular weight excluding hydrogens is 316 g/mol. The van der Waals surface area contributed by atoms with Crippen molar-refractivity contribution in [2.75, 3.05) is 13.2 Å². The number of aliphatic hydroxyl groups is 1. The molecule has 2 aromatic rings. The lowest BCUT2D eigenvalue weighted by molar-refractivity contribution is 0.0916. The van der Waals surface area contributed by atoms with Crippen LogP contribution in [0.4, 0.5) is 8.78 Å². The van der Waals surface area contributed by atoms with E-state index >= 15 is 0 Å². The molecule has 0 aliphatic rings. The van der Waals surface area contributed by atoms with Gasteiger partial charge < -0.3 is 15.2 Å². The Bertz CT molecular complexity index is 754. The number of carbonyl (C=O) groups is 1. The van der Waals surface area contributed by atoms with E-state index < -0.39 is 23.6 Å². The minimum atomic E-state index is -1.15. The number of amides is 1. The van der Waals surface area contributed by atoms with Gasteiger partial charge in [-0.05, 0) is 42.0 Å². The number of benzene rings is 2. The predicted molar refractivity (Wildman–Crippen MR) is 84.4 cm³/mol. The lowest BCUT2D eigenvalue weighted by Gasteiger charge is -2.13. The molecule has 2 N–H and O–H groups in total. The predicted octanol–water partition coefficient (Wildman–Crippen LogP) is 2.44. The van der Waals surface area contributed by atoms with Crippen molar-refractivity contribution in [1.29, 1.82) is 0 Å². The van der Waals surface area contributed by atoms with Crippen molar-refractivity contribution in [2.24, 2.45) is 0 Å². The Morgan fingerprint density at radius 3 is 2.54 bits per heavy atom. The van der Waals surface area contributed by atoms with Gasteiger partial charge in [0.15, 0.2) is 11.6 Å². The number of halogens is 2. The normalized spacial score (nSPS) is 11.4. The summed E-state index contributed by atoms with van der Waals surface area (Å²) >= 11 is 0. The van der Waals surface area contributed by atoms with Gasteiger partial charge in [-0.25, -0.2) is 8.78 Å². The van der Waals surface area contributed by atoms with E-state index in [0.717, 1.165) is 12.1 Å². The topological polar surface area (TPSA) is 58.6 Å². The van der Waals surface area contributed by atoms with Crippen molar-refractivity contribution >= 4 is 5.91 Å². The van der Waals surface area contributed by atoms with Crippen LogP contribution < -0.4 is 10.1 Å². The third kappa shape index (κ3) is 4.54. The van der Waals surface area contributed by atoms with Gasteiger partial charge in [0, 0.05) is 12.1 Å². The summed E-state index contributed by atoms with van der Waals surface area (Å²) in [5, 5.41) is 12.4. The van der Waals surface area contributed by atoms with Crippen LogP contribution in [0.5, 0.6) is 5.75 Å². The molecule has 124 valence electrons. The molecule has 2 rings (SSSR count). The van der Waals surface area contributed by atoms with E-state index in [4.69, 9.17) is 11.2 Å². The van der Waals surface area contributed by atoms with Crippen molar-refractivity contribution in [2.45, 2.75) is 6.10 Å². The Kier molecular flexibility index (Phi) is 5.88. The Balaban J connectivity index is 1.92. The highest BCUT2D eigenvalue weighted by molar-refractivity contribution is 5.94. The number of terminal acetylenes is 1. The summed E-state index contributed by atoms with van der Waals surface area (Å²) in [5.74, 6) is 0.394.